The van der Waals surface area contributed by atoms with E-state index in [1.54, 1.807) is 18.2 Å². The van der Waals surface area contributed by atoms with Crippen LogP contribution in [0.15, 0.2) is 48.5 Å². The minimum Gasteiger partial charge on any atom is -0.435 e. The molecule has 0 aliphatic heterocycles. The molecule has 2 aromatic carbocycles. The van der Waals surface area contributed by atoms with Gasteiger partial charge in [-0.1, -0.05) is 30.7 Å². The fourth-order valence-electron chi connectivity index (χ4n) is 4.29. The van der Waals surface area contributed by atoms with Crippen molar-refractivity contribution in [3.8, 4) is 16.9 Å². The summed E-state index contributed by atoms with van der Waals surface area (Å²) in [5.74, 6) is -1.93. The van der Waals surface area contributed by atoms with Crippen LogP contribution in [0.1, 0.15) is 32.1 Å². The van der Waals surface area contributed by atoms with E-state index in [4.69, 9.17) is 0 Å². The van der Waals surface area contributed by atoms with Gasteiger partial charge in [-0.25, -0.2) is 13.1 Å². The van der Waals surface area contributed by atoms with Crippen LogP contribution in [0.2, 0.25) is 0 Å². The maximum Gasteiger partial charge on any atom is 0.511 e. The number of carbonyl (C=O) groups is 1. The number of hydrogen-bond acceptors (Lipinski definition) is 5. The Balaban J connectivity index is 1.73. The average molecular weight is 619 g/mol. The van der Waals surface area contributed by atoms with Gasteiger partial charge >= 0.3 is 28.3 Å². The van der Waals surface area contributed by atoms with Gasteiger partial charge in [0.15, 0.2) is 5.60 Å². The van der Waals surface area contributed by atoms with Crippen molar-refractivity contribution in [2.24, 2.45) is 5.92 Å². The minimum atomic E-state index is -5.50. The topological polar surface area (TPSA) is 95.9 Å². The summed E-state index contributed by atoms with van der Waals surface area (Å²) < 4.78 is 129. The molecule has 228 valence electrons. The summed E-state index contributed by atoms with van der Waals surface area (Å²) in [5.41, 5.74) is -7.09. The van der Waals surface area contributed by atoms with Gasteiger partial charge in [-0.3, -0.25) is 4.79 Å². The third-order valence-electron chi connectivity index (χ3n) is 6.54. The molecule has 2 aromatic rings. The maximum absolute atomic E-state index is 13.2. The predicted molar refractivity (Wildman–Crippen MR) is 131 cm³/mol. The number of anilines is 1. The lowest BCUT2D eigenvalue weighted by Gasteiger charge is -2.45. The van der Waals surface area contributed by atoms with Crippen molar-refractivity contribution in [1.82, 2.24) is 4.72 Å². The van der Waals surface area contributed by atoms with Gasteiger partial charge < -0.3 is 14.7 Å². The molecule has 0 bridgehead atoms. The summed E-state index contributed by atoms with van der Waals surface area (Å²) in [7, 11) is -5.50. The zero-order chi connectivity index (χ0) is 30.6. The molecule has 0 heterocycles. The standard InChI is InChI=1S/C25H26F8N2O5S/c26-22(27)40-20-9-7-16(8-10-20)17-5-4-6-19(13-17)35(21(36)18-14-23(37,15-18)24(28,29)30)12-3-1-2-11-34-41(38,39)25(31,32)33/h4-10,13,18,22,34,37H,1-3,11-12,14-15H2/t18-,23+. The fourth-order valence-corrected chi connectivity index (χ4v) is 4.87. The van der Waals surface area contributed by atoms with E-state index in [-0.39, 0.29) is 37.2 Å². The molecular weight excluding hydrogens is 592 g/mol. The van der Waals surface area contributed by atoms with Crippen molar-refractivity contribution in [3.05, 3.63) is 48.5 Å². The number of amides is 1. The van der Waals surface area contributed by atoms with Crippen LogP contribution in [0, 0.1) is 5.92 Å². The second kappa shape index (κ2) is 12.5. The Morgan fingerprint density at radius 2 is 1.63 bits per heavy atom. The number of rotatable bonds is 12. The average Bonchev–Trinajstić information content (AvgIpc) is 2.84. The Bertz CT molecular complexity index is 1290. The molecule has 7 nitrogen and oxygen atoms in total. The Hall–Kier alpha value is -2.98. The van der Waals surface area contributed by atoms with E-state index in [1.165, 1.54) is 40.0 Å². The first-order valence-corrected chi connectivity index (χ1v) is 13.7. The first kappa shape index (κ1) is 32.5. The zero-order valence-electron chi connectivity index (χ0n) is 21.2. The van der Waals surface area contributed by atoms with Crippen molar-refractivity contribution in [2.75, 3.05) is 18.0 Å². The number of halogens is 8. The molecule has 0 unspecified atom stereocenters. The number of ether oxygens (including phenoxy) is 1. The lowest BCUT2D eigenvalue weighted by atomic mass is 9.69. The number of aliphatic hydroxyl groups is 1. The van der Waals surface area contributed by atoms with Crippen LogP contribution in [0.5, 0.6) is 5.75 Å². The molecule has 1 amide bonds. The monoisotopic (exact) mass is 618 g/mol. The Kier molecular flexibility index (Phi) is 9.91. The quantitative estimate of drug-likeness (QED) is 0.239. The predicted octanol–water partition coefficient (Wildman–Crippen LogP) is 5.60. The molecule has 1 saturated carbocycles. The normalized spacial score (nSPS) is 19.6. The van der Waals surface area contributed by atoms with Crippen molar-refractivity contribution in [2.45, 2.75) is 56.0 Å². The number of carbonyl (C=O) groups excluding carboxylic acids is 1. The molecule has 16 heteroatoms. The van der Waals surface area contributed by atoms with Crippen LogP contribution in [0.25, 0.3) is 11.1 Å². The molecule has 0 radical (unpaired) electrons. The fraction of sp³-hybridized carbons (Fsp3) is 0.480. The summed E-state index contributed by atoms with van der Waals surface area (Å²) in [5, 5.41) is 9.80. The van der Waals surface area contributed by atoms with Crippen LogP contribution >= 0.6 is 0 Å². The highest BCUT2D eigenvalue weighted by atomic mass is 32.2. The Labute approximate surface area is 230 Å². The number of sulfonamides is 1. The maximum atomic E-state index is 13.2. The molecule has 1 fully saturated rings. The third kappa shape index (κ3) is 8.07. The molecule has 0 atom stereocenters. The number of hydrogen-bond donors (Lipinski definition) is 2. The van der Waals surface area contributed by atoms with Crippen molar-refractivity contribution >= 4 is 21.6 Å². The van der Waals surface area contributed by atoms with E-state index < -0.39 is 65.1 Å². The summed E-state index contributed by atoms with van der Waals surface area (Å²) >= 11 is 0. The Morgan fingerprint density at radius 3 is 2.20 bits per heavy atom. The van der Waals surface area contributed by atoms with Gasteiger partial charge in [-0.15, -0.1) is 0 Å². The largest absolute Gasteiger partial charge is 0.511 e. The van der Waals surface area contributed by atoms with Gasteiger partial charge in [0.05, 0.1) is 0 Å². The highest BCUT2D eigenvalue weighted by Crippen LogP contribution is 2.49. The lowest BCUT2D eigenvalue weighted by Crippen LogP contribution is -2.59. The molecule has 0 aromatic heterocycles. The second-order valence-electron chi connectivity index (χ2n) is 9.48. The molecule has 1 aliphatic rings. The number of nitrogens with one attached hydrogen (secondary N) is 1. The second-order valence-corrected chi connectivity index (χ2v) is 11.2. The summed E-state index contributed by atoms with van der Waals surface area (Å²) in [6, 6.07) is 11.9. The first-order chi connectivity index (χ1) is 18.9. The van der Waals surface area contributed by atoms with E-state index in [1.807, 2.05) is 0 Å². The van der Waals surface area contributed by atoms with Crippen LogP contribution < -0.4 is 14.4 Å². The van der Waals surface area contributed by atoms with E-state index >= 15 is 0 Å². The molecular formula is C25H26F8N2O5S. The van der Waals surface area contributed by atoms with Crippen LogP contribution in [-0.4, -0.2) is 56.4 Å². The van der Waals surface area contributed by atoms with Crippen molar-refractivity contribution in [1.29, 1.82) is 0 Å². The van der Waals surface area contributed by atoms with Crippen LogP contribution in [0.4, 0.5) is 40.8 Å². The summed E-state index contributed by atoms with van der Waals surface area (Å²) in [6.45, 7) is -3.59. The Morgan fingerprint density at radius 1 is 1.00 bits per heavy atom. The van der Waals surface area contributed by atoms with Gasteiger partial charge in [-0.05, 0) is 61.1 Å². The number of nitrogens with zero attached hydrogens (tertiary/aromatic N) is 1. The van der Waals surface area contributed by atoms with Crippen LogP contribution in [-0.2, 0) is 14.8 Å². The molecule has 2 N–H and O–H groups in total. The van der Waals surface area contributed by atoms with Crippen molar-refractivity contribution in [3.63, 3.8) is 0 Å². The van der Waals surface area contributed by atoms with Gasteiger partial charge in [0.25, 0.3) is 0 Å². The van der Waals surface area contributed by atoms with E-state index in [9.17, 15) is 53.4 Å². The highest BCUT2D eigenvalue weighted by molar-refractivity contribution is 7.90. The highest BCUT2D eigenvalue weighted by Gasteiger charge is 2.63. The molecule has 0 spiro atoms. The van der Waals surface area contributed by atoms with E-state index in [0.717, 1.165) is 0 Å². The van der Waals surface area contributed by atoms with Crippen LogP contribution in [0.3, 0.4) is 0 Å². The van der Waals surface area contributed by atoms with Gasteiger partial charge in [0.2, 0.25) is 5.91 Å². The SMILES string of the molecule is O=C([C@H]1C[C@](O)(C(F)(F)F)C1)N(CCCCCNS(=O)(=O)C(F)(F)F)c1cccc(-c2ccc(OC(F)F)cc2)c1. The first-order valence-electron chi connectivity index (χ1n) is 12.3. The molecule has 41 heavy (non-hydrogen) atoms. The zero-order valence-corrected chi connectivity index (χ0v) is 22.0. The van der Waals surface area contributed by atoms with Crippen molar-refractivity contribution < 1.29 is 58.2 Å². The van der Waals surface area contributed by atoms with E-state index in [0.29, 0.717) is 11.1 Å². The molecule has 1 aliphatic carbocycles. The van der Waals surface area contributed by atoms with Gasteiger partial charge in [0, 0.05) is 24.7 Å². The van der Waals surface area contributed by atoms with E-state index in [2.05, 4.69) is 4.74 Å². The number of alkyl halides is 8. The third-order valence-corrected chi connectivity index (χ3v) is 7.73. The number of benzene rings is 2. The lowest BCUT2D eigenvalue weighted by molar-refractivity contribution is -0.295. The molecule has 0 saturated heterocycles. The van der Waals surface area contributed by atoms with Gasteiger partial charge in [0.1, 0.15) is 5.75 Å². The number of unbranched alkanes of at least 4 members (excludes halogenated alkanes) is 2. The van der Waals surface area contributed by atoms with Gasteiger partial charge in [-0.2, -0.15) is 35.1 Å². The smallest absolute Gasteiger partial charge is 0.435 e. The minimum absolute atomic E-state index is 0.0122. The summed E-state index contributed by atoms with van der Waals surface area (Å²) in [4.78, 5) is 14.4. The summed E-state index contributed by atoms with van der Waals surface area (Å²) in [6.07, 6.45) is -6.26. The molecule has 3 rings (SSSR count).